The second kappa shape index (κ2) is 7.73. The zero-order valence-electron chi connectivity index (χ0n) is 14.7. The summed E-state index contributed by atoms with van der Waals surface area (Å²) < 4.78 is 0. The van der Waals surface area contributed by atoms with E-state index in [1.54, 1.807) is 0 Å². The van der Waals surface area contributed by atoms with Gasteiger partial charge >= 0.3 is 0 Å². The van der Waals surface area contributed by atoms with Crippen LogP contribution in [0.4, 0.5) is 5.95 Å². The molecule has 1 aromatic heterocycles. The smallest absolute Gasteiger partial charge is 0.234 e. The molecule has 2 rings (SSSR count). The van der Waals surface area contributed by atoms with Crippen molar-refractivity contribution < 1.29 is 4.79 Å². The molecule has 23 heavy (non-hydrogen) atoms. The molecule has 1 saturated heterocycles. The maximum atomic E-state index is 12.0. The SMILES string of the molecule is Cc1cnc(NCC2CCN(CC(=O)NC(C)(C)C)CC2)nc1. The van der Waals surface area contributed by atoms with Crippen LogP contribution in [0.1, 0.15) is 39.2 Å². The Kier molecular flexibility index (Phi) is 5.93. The summed E-state index contributed by atoms with van der Waals surface area (Å²) in [5.41, 5.74) is 0.908. The van der Waals surface area contributed by atoms with Crippen LogP contribution in [0.3, 0.4) is 0 Å². The second-order valence-electron chi connectivity index (χ2n) is 7.48. The molecule has 1 aliphatic heterocycles. The van der Waals surface area contributed by atoms with E-state index in [0.717, 1.165) is 38.0 Å². The van der Waals surface area contributed by atoms with E-state index in [9.17, 15) is 4.79 Å². The Labute approximate surface area is 139 Å². The molecule has 0 aliphatic carbocycles. The van der Waals surface area contributed by atoms with Crippen LogP contribution in [0, 0.1) is 12.8 Å². The zero-order valence-corrected chi connectivity index (χ0v) is 14.7. The minimum absolute atomic E-state index is 0.113. The van der Waals surface area contributed by atoms with E-state index < -0.39 is 0 Å². The quantitative estimate of drug-likeness (QED) is 0.866. The number of anilines is 1. The first-order valence-electron chi connectivity index (χ1n) is 8.38. The van der Waals surface area contributed by atoms with Gasteiger partial charge in [0.05, 0.1) is 6.54 Å². The largest absolute Gasteiger partial charge is 0.354 e. The van der Waals surface area contributed by atoms with Crippen molar-refractivity contribution in [2.75, 3.05) is 31.5 Å². The van der Waals surface area contributed by atoms with Gasteiger partial charge in [0.1, 0.15) is 0 Å². The van der Waals surface area contributed by atoms with Crippen molar-refractivity contribution in [1.29, 1.82) is 0 Å². The molecular formula is C17H29N5O. The molecule has 0 bridgehead atoms. The maximum absolute atomic E-state index is 12.0. The predicted molar refractivity (Wildman–Crippen MR) is 92.3 cm³/mol. The van der Waals surface area contributed by atoms with Crippen LogP contribution in [-0.2, 0) is 4.79 Å². The fraction of sp³-hybridized carbons (Fsp3) is 0.706. The molecule has 0 unspecified atom stereocenters. The van der Waals surface area contributed by atoms with Crippen molar-refractivity contribution >= 4 is 11.9 Å². The summed E-state index contributed by atoms with van der Waals surface area (Å²) in [6.45, 7) is 11.3. The summed E-state index contributed by atoms with van der Waals surface area (Å²) >= 11 is 0. The lowest BCUT2D eigenvalue weighted by atomic mass is 9.97. The number of likely N-dealkylation sites (tertiary alicyclic amines) is 1. The molecule has 1 aromatic rings. The average Bonchev–Trinajstić information content (AvgIpc) is 2.46. The van der Waals surface area contributed by atoms with Crippen LogP contribution >= 0.6 is 0 Å². The van der Waals surface area contributed by atoms with Crippen LogP contribution in [-0.4, -0.2) is 52.5 Å². The molecule has 1 aliphatic rings. The average molecular weight is 319 g/mol. The summed E-state index contributed by atoms with van der Waals surface area (Å²) in [6, 6.07) is 0. The zero-order chi connectivity index (χ0) is 16.9. The number of carbonyl (C=O) groups excluding carboxylic acids is 1. The van der Waals surface area contributed by atoms with Crippen molar-refractivity contribution in [3.05, 3.63) is 18.0 Å². The van der Waals surface area contributed by atoms with Gasteiger partial charge in [-0.3, -0.25) is 9.69 Å². The Morgan fingerprint density at radius 2 is 1.87 bits per heavy atom. The molecule has 6 heteroatoms. The highest BCUT2D eigenvalue weighted by Gasteiger charge is 2.22. The number of piperidine rings is 1. The lowest BCUT2D eigenvalue weighted by Crippen LogP contribution is -2.47. The molecule has 0 saturated carbocycles. The molecular weight excluding hydrogens is 290 g/mol. The molecule has 1 fully saturated rings. The lowest BCUT2D eigenvalue weighted by Gasteiger charge is -2.32. The number of hydrogen-bond donors (Lipinski definition) is 2. The molecule has 0 atom stereocenters. The molecule has 2 heterocycles. The van der Waals surface area contributed by atoms with Crippen LogP contribution in [0.25, 0.3) is 0 Å². The summed E-state index contributed by atoms with van der Waals surface area (Å²) in [6.07, 6.45) is 5.85. The van der Waals surface area contributed by atoms with E-state index in [1.807, 2.05) is 40.1 Å². The fourth-order valence-electron chi connectivity index (χ4n) is 2.73. The highest BCUT2D eigenvalue weighted by Crippen LogP contribution is 2.17. The first kappa shape index (κ1) is 17.7. The van der Waals surface area contributed by atoms with Crippen molar-refractivity contribution in [2.24, 2.45) is 5.92 Å². The van der Waals surface area contributed by atoms with Crippen molar-refractivity contribution in [3.8, 4) is 0 Å². The molecule has 0 aromatic carbocycles. The number of aromatic nitrogens is 2. The van der Waals surface area contributed by atoms with Crippen LogP contribution < -0.4 is 10.6 Å². The molecule has 2 N–H and O–H groups in total. The number of nitrogens with zero attached hydrogens (tertiary/aromatic N) is 3. The number of amides is 1. The van der Waals surface area contributed by atoms with Gasteiger partial charge < -0.3 is 10.6 Å². The monoisotopic (exact) mass is 319 g/mol. The van der Waals surface area contributed by atoms with Gasteiger partial charge in [0, 0.05) is 24.5 Å². The Balaban J connectivity index is 1.67. The van der Waals surface area contributed by atoms with Crippen molar-refractivity contribution in [2.45, 2.75) is 46.1 Å². The van der Waals surface area contributed by atoms with E-state index in [0.29, 0.717) is 18.4 Å². The van der Waals surface area contributed by atoms with E-state index in [-0.39, 0.29) is 11.4 Å². The maximum Gasteiger partial charge on any atom is 0.234 e. The van der Waals surface area contributed by atoms with Crippen LogP contribution in [0.2, 0.25) is 0 Å². The number of nitrogens with one attached hydrogen (secondary N) is 2. The third kappa shape index (κ3) is 6.52. The van der Waals surface area contributed by atoms with Gasteiger partial charge in [-0.15, -0.1) is 0 Å². The minimum atomic E-state index is -0.159. The van der Waals surface area contributed by atoms with Gasteiger partial charge in [0.2, 0.25) is 11.9 Å². The van der Waals surface area contributed by atoms with E-state index >= 15 is 0 Å². The van der Waals surface area contributed by atoms with Gasteiger partial charge in [0.15, 0.2) is 0 Å². The molecule has 0 spiro atoms. The van der Waals surface area contributed by atoms with Crippen molar-refractivity contribution in [3.63, 3.8) is 0 Å². The molecule has 128 valence electrons. The Morgan fingerprint density at radius 1 is 1.26 bits per heavy atom. The first-order valence-corrected chi connectivity index (χ1v) is 8.38. The highest BCUT2D eigenvalue weighted by atomic mass is 16.2. The summed E-state index contributed by atoms with van der Waals surface area (Å²) in [4.78, 5) is 22.7. The Morgan fingerprint density at radius 3 is 2.43 bits per heavy atom. The standard InChI is InChI=1S/C17H29N5O/c1-13-9-18-16(19-10-13)20-11-14-5-7-22(8-6-14)12-15(23)21-17(2,3)4/h9-10,14H,5-8,11-12H2,1-4H3,(H,21,23)(H,18,19,20). The van der Waals surface area contributed by atoms with Gasteiger partial charge in [-0.2, -0.15) is 0 Å². The third-order valence-corrected chi connectivity index (χ3v) is 3.92. The number of aryl methyl sites for hydroxylation is 1. The van der Waals surface area contributed by atoms with Gasteiger partial charge in [-0.1, -0.05) is 0 Å². The fourth-order valence-corrected chi connectivity index (χ4v) is 2.73. The van der Waals surface area contributed by atoms with Gasteiger partial charge in [-0.05, 0) is 65.1 Å². The predicted octanol–water partition coefficient (Wildman–Crippen LogP) is 1.82. The minimum Gasteiger partial charge on any atom is -0.354 e. The first-order chi connectivity index (χ1) is 10.8. The number of hydrogen-bond acceptors (Lipinski definition) is 5. The molecule has 0 radical (unpaired) electrons. The lowest BCUT2D eigenvalue weighted by molar-refractivity contribution is -0.124. The number of rotatable bonds is 5. The highest BCUT2D eigenvalue weighted by molar-refractivity contribution is 5.78. The van der Waals surface area contributed by atoms with Gasteiger partial charge in [-0.25, -0.2) is 9.97 Å². The summed E-state index contributed by atoms with van der Waals surface area (Å²) in [5, 5.41) is 6.33. The van der Waals surface area contributed by atoms with E-state index in [4.69, 9.17) is 0 Å². The van der Waals surface area contributed by atoms with E-state index in [1.165, 1.54) is 0 Å². The van der Waals surface area contributed by atoms with Gasteiger partial charge in [0.25, 0.3) is 0 Å². The summed E-state index contributed by atoms with van der Waals surface area (Å²) in [7, 11) is 0. The third-order valence-electron chi connectivity index (χ3n) is 3.92. The van der Waals surface area contributed by atoms with Crippen molar-refractivity contribution in [1.82, 2.24) is 20.2 Å². The van der Waals surface area contributed by atoms with Crippen LogP contribution in [0.5, 0.6) is 0 Å². The molecule has 1 amide bonds. The summed E-state index contributed by atoms with van der Waals surface area (Å²) in [5.74, 6) is 1.42. The van der Waals surface area contributed by atoms with Crippen LogP contribution in [0.15, 0.2) is 12.4 Å². The Bertz CT molecular complexity index is 501. The molecule has 6 nitrogen and oxygen atoms in total. The Hall–Kier alpha value is -1.69. The number of carbonyl (C=O) groups is 1. The normalized spacial score (nSPS) is 17.0. The van der Waals surface area contributed by atoms with E-state index in [2.05, 4.69) is 25.5 Å². The topological polar surface area (TPSA) is 70.2 Å². The second-order valence-corrected chi connectivity index (χ2v) is 7.48.